The van der Waals surface area contributed by atoms with Crippen LogP contribution in [0.2, 0.25) is 0 Å². The van der Waals surface area contributed by atoms with Gasteiger partial charge in [-0.15, -0.1) is 0 Å². The van der Waals surface area contributed by atoms with Crippen molar-refractivity contribution in [3.63, 3.8) is 0 Å². The summed E-state index contributed by atoms with van der Waals surface area (Å²) >= 11 is 0. The molecule has 0 saturated heterocycles. The summed E-state index contributed by atoms with van der Waals surface area (Å²) < 4.78 is 1.98. The van der Waals surface area contributed by atoms with Crippen LogP contribution in [0.3, 0.4) is 0 Å². The molecule has 0 radical (unpaired) electrons. The van der Waals surface area contributed by atoms with Crippen LogP contribution in [0.1, 0.15) is 39.0 Å². The fourth-order valence-electron chi connectivity index (χ4n) is 1.07. The molecule has 0 atom stereocenters. The van der Waals surface area contributed by atoms with E-state index in [1.54, 1.807) is 0 Å². The number of hydrogen-bond donors (Lipinski definition) is 0. The molecule has 1 heterocycles. The standard InChI is InChI=1S/C8H14N2.C2H6/c1-4-8-6-10(5-2)9-7(8)3;1-2/h6H,4-5H2,1-3H3;1-2H3. The molecular formula is C10H20N2. The maximum Gasteiger partial charge on any atom is 0.0625 e. The summed E-state index contributed by atoms with van der Waals surface area (Å²) in [4.78, 5) is 0. The van der Waals surface area contributed by atoms with Crippen LogP contribution in [0.5, 0.6) is 0 Å². The zero-order chi connectivity index (χ0) is 9.56. The van der Waals surface area contributed by atoms with Gasteiger partial charge in [0.1, 0.15) is 0 Å². The average molecular weight is 168 g/mol. The third-order valence-corrected chi connectivity index (χ3v) is 1.75. The first-order chi connectivity index (χ1) is 5.77. The first-order valence-corrected chi connectivity index (χ1v) is 4.80. The molecule has 0 aromatic carbocycles. The molecule has 1 aromatic heterocycles. The van der Waals surface area contributed by atoms with Crippen molar-refractivity contribution >= 4 is 0 Å². The minimum Gasteiger partial charge on any atom is -0.272 e. The van der Waals surface area contributed by atoms with E-state index in [9.17, 15) is 0 Å². The van der Waals surface area contributed by atoms with Crippen LogP contribution < -0.4 is 0 Å². The molecule has 0 aliphatic heterocycles. The van der Waals surface area contributed by atoms with E-state index in [4.69, 9.17) is 0 Å². The molecule has 1 aromatic rings. The van der Waals surface area contributed by atoms with Crippen molar-refractivity contribution in [2.24, 2.45) is 0 Å². The molecule has 0 amide bonds. The van der Waals surface area contributed by atoms with E-state index in [1.165, 1.54) is 11.3 Å². The summed E-state index contributed by atoms with van der Waals surface area (Å²) in [6, 6.07) is 0. The van der Waals surface area contributed by atoms with Crippen molar-refractivity contribution in [1.82, 2.24) is 9.78 Å². The highest BCUT2D eigenvalue weighted by molar-refractivity contribution is 5.14. The van der Waals surface area contributed by atoms with Gasteiger partial charge >= 0.3 is 0 Å². The second-order valence-electron chi connectivity index (χ2n) is 2.45. The Morgan fingerprint density at radius 2 is 1.92 bits per heavy atom. The minimum atomic E-state index is 0.973. The van der Waals surface area contributed by atoms with Crippen molar-refractivity contribution < 1.29 is 0 Å². The Kier molecular flexibility index (Phi) is 5.43. The van der Waals surface area contributed by atoms with Gasteiger partial charge in [-0.3, -0.25) is 4.68 Å². The number of hydrogen-bond acceptors (Lipinski definition) is 1. The number of nitrogens with zero attached hydrogens (tertiary/aromatic N) is 2. The molecule has 0 unspecified atom stereocenters. The number of rotatable bonds is 2. The van der Waals surface area contributed by atoms with E-state index in [2.05, 4.69) is 32.1 Å². The molecule has 12 heavy (non-hydrogen) atoms. The Morgan fingerprint density at radius 3 is 2.17 bits per heavy atom. The average Bonchev–Trinajstić information content (AvgIpc) is 2.49. The summed E-state index contributed by atoms with van der Waals surface area (Å²) in [6.45, 7) is 11.3. The van der Waals surface area contributed by atoms with E-state index >= 15 is 0 Å². The quantitative estimate of drug-likeness (QED) is 0.664. The molecule has 0 spiro atoms. The summed E-state index contributed by atoms with van der Waals surface area (Å²) in [5.74, 6) is 0. The van der Waals surface area contributed by atoms with E-state index < -0.39 is 0 Å². The zero-order valence-electron chi connectivity index (χ0n) is 8.89. The van der Waals surface area contributed by atoms with Crippen LogP contribution in [-0.4, -0.2) is 9.78 Å². The van der Waals surface area contributed by atoms with E-state index in [-0.39, 0.29) is 0 Å². The molecule has 0 fully saturated rings. The Morgan fingerprint density at radius 1 is 1.33 bits per heavy atom. The van der Waals surface area contributed by atoms with Crippen molar-refractivity contribution in [3.8, 4) is 0 Å². The molecular weight excluding hydrogens is 148 g/mol. The van der Waals surface area contributed by atoms with Crippen molar-refractivity contribution in [2.45, 2.75) is 47.6 Å². The van der Waals surface area contributed by atoms with E-state index in [1.807, 2.05) is 18.5 Å². The van der Waals surface area contributed by atoms with Crippen LogP contribution in [0, 0.1) is 6.92 Å². The van der Waals surface area contributed by atoms with E-state index in [0.29, 0.717) is 0 Å². The smallest absolute Gasteiger partial charge is 0.0625 e. The molecule has 0 saturated carbocycles. The normalized spacial score (nSPS) is 9.08. The van der Waals surface area contributed by atoms with E-state index in [0.717, 1.165) is 13.0 Å². The topological polar surface area (TPSA) is 17.8 Å². The third kappa shape index (κ3) is 2.68. The Hall–Kier alpha value is -0.790. The van der Waals surface area contributed by atoms with Gasteiger partial charge in [0.15, 0.2) is 0 Å². The Labute approximate surface area is 75.6 Å². The van der Waals surface area contributed by atoms with Gasteiger partial charge in [-0.2, -0.15) is 5.10 Å². The molecule has 0 N–H and O–H groups in total. The van der Waals surface area contributed by atoms with Gasteiger partial charge in [0.05, 0.1) is 5.69 Å². The molecule has 2 heteroatoms. The van der Waals surface area contributed by atoms with Crippen LogP contribution in [0.25, 0.3) is 0 Å². The van der Waals surface area contributed by atoms with Crippen molar-refractivity contribution in [2.75, 3.05) is 0 Å². The molecule has 1 rings (SSSR count). The third-order valence-electron chi connectivity index (χ3n) is 1.75. The van der Waals surface area contributed by atoms with Gasteiger partial charge in [-0.1, -0.05) is 20.8 Å². The fourth-order valence-corrected chi connectivity index (χ4v) is 1.07. The van der Waals surface area contributed by atoms with Gasteiger partial charge in [-0.05, 0) is 25.8 Å². The fraction of sp³-hybridized carbons (Fsp3) is 0.700. The van der Waals surface area contributed by atoms with Gasteiger partial charge in [0.2, 0.25) is 0 Å². The van der Waals surface area contributed by atoms with Crippen LogP contribution >= 0.6 is 0 Å². The second-order valence-corrected chi connectivity index (χ2v) is 2.45. The van der Waals surface area contributed by atoms with Crippen LogP contribution in [0.4, 0.5) is 0 Å². The van der Waals surface area contributed by atoms with Crippen LogP contribution in [0.15, 0.2) is 6.20 Å². The predicted octanol–water partition coefficient (Wildman–Crippen LogP) is 2.80. The molecule has 70 valence electrons. The zero-order valence-corrected chi connectivity index (χ0v) is 8.89. The summed E-state index contributed by atoms with van der Waals surface area (Å²) in [7, 11) is 0. The maximum absolute atomic E-state index is 4.32. The Balaban J connectivity index is 0.000000561. The summed E-state index contributed by atoms with van der Waals surface area (Å²) in [5, 5.41) is 4.32. The van der Waals surface area contributed by atoms with Crippen molar-refractivity contribution in [3.05, 3.63) is 17.5 Å². The number of aryl methyl sites for hydroxylation is 3. The minimum absolute atomic E-state index is 0.973. The lowest BCUT2D eigenvalue weighted by Gasteiger charge is -1.89. The largest absolute Gasteiger partial charge is 0.272 e. The first kappa shape index (κ1) is 11.2. The summed E-state index contributed by atoms with van der Waals surface area (Å²) in [5.41, 5.74) is 2.53. The monoisotopic (exact) mass is 168 g/mol. The van der Waals surface area contributed by atoms with Gasteiger partial charge in [0, 0.05) is 12.7 Å². The van der Waals surface area contributed by atoms with Gasteiger partial charge in [0.25, 0.3) is 0 Å². The molecule has 0 aliphatic rings. The molecule has 2 nitrogen and oxygen atoms in total. The van der Waals surface area contributed by atoms with Crippen LogP contribution in [-0.2, 0) is 13.0 Å². The predicted molar refractivity (Wildman–Crippen MR) is 53.4 cm³/mol. The first-order valence-electron chi connectivity index (χ1n) is 4.80. The number of aromatic nitrogens is 2. The van der Waals surface area contributed by atoms with Gasteiger partial charge in [-0.25, -0.2) is 0 Å². The van der Waals surface area contributed by atoms with Crippen molar-refractivity contribution in [1.29, 1.82) is 0 Å². The molecule has 0 bridgehead atoms. The summed E-state index contributed by atoms with van der Waals surface area (Å²) in [6.07, 6.45) is 3.21. The van der Waals surface area contributed by atoms with Gasteiger partial charge < -0.3 is 0 Å². The lowest BCUT2D eigenvalue weighted by Crippen LogP contribution is -1.93. The second kappa shape index (κ2) is 5.81. The SMILES string of the molecule is CC.CCc1cn(CC)nc1C. The maximum atomic E-state index is 4.32. The highest BCUT2D eigenvalue weighted by atomic mass is 15.3. The highest BCUT2D eigenvalue weighted by Crippen LogP contribution is 2.05. The molecule has 0 aliphatic carbocycles. The lowest BCUT2D eigenvalue weighted by molar-refractivity contribution is 0.653. The highest BCUT2D eigenvalue weighted by Gasteiger charge is 1.99. The lowest BCUT2D eigenvalue weighted by atomic mass is 10.2. The Bertz CT molecular complexity index is 214.